The summed E-state index contributed by atoms with van der Waals surface area (Å²) in [5.41, 5.74) is 7.45. The van der Waals surface area contributed by atoms with Crippen LogP contribution < -0.4 is 9.30 Å². The lowest BCUT2D eigenvalue weighted by atomic mass is 9.81. The van der Waals surface area contributed by atoms with Crippen molar-refractivity contribution >= 4 is 32.5 Å². The first kappa shape index (κ1) is 23.1. The van der Waals surface area contributed by atoms with E-state index in [-0.39, 0.29) is 10.8 Å². The molecule has 184 valence electrons. The maximum atomic E-state index is 6.98. The molecule has 0 saturated carbocycles. The lowest BCUT2D eigenvalue weighted by Gasteiger charge is -2.28. The van der Waals surface area contributed by atoms with Gasteiger partial charge in [0.15, 0.2) is 6.20 Å². The third-order valence-corrected chi connectivity index (χ3v) is 7.41. The maximum Gasteiger partial charge on any atom is 0.228 e. The maximum absolute atomic E-state index is 6.98. The molecule has 0 radical (unpaired) electrons. The number of hydrogen-bond acceptors (Lipinski definition) is 2. The van der Waals surface area contributed by atoms with Crippen molar-refractivity contribution in [2.75, 3.05) is 0 Å². The molecule has 5 aromatic rings. The minimum absolute atomic E-state index is 0.123. The Labute approximate surface area is 213 Å². The summed E-state index contributed by atoms with van der Waals surface area (Å²) >= 11 is 0. The van der Waals surface area contributed by atoms with E-state index in [9.17, 15) is 0 Å². The first-order valence-electron chi connectivity index (χ1n) is 13.0. The fraction of sp³-hybridized carbons (Fsp3) is 0.364. The van der Waals surface area contributed by atoms with Crippen LogP contribution in [0.4, 0.5) is 0 Å². The van der Waals surface area contributed by atoms with E-state index in [4.69, 9.17) is 9.15 Å². The number of hydrogen-bond donors (Lipinski definition) is 0. The van der Waals surface area contributed by atoms with Gasteiger partial charge in [0, 0.05) is 22.4 Å². The largest absolute Gasteiger partial charge is 0.463 e. The van der Waals surface area contributed by atoms with Gasteiger partial charge in [0.2, 0.25) is 5.69 Å². The van der Waals surface area contributed by atoms with Crippen LogP contribution in [-0.2, 0) is 19.9 Å². The minimum Gasteiger partial charge on any atom is -0.463 e. The van der Waals surface area contributed by atoms with E-state index < -0.39 is 0 Å². The van der Waals surface area contributed by atoms with Crippen LogP contribution in [0.1, 0.15) is 58.2 Å². The summed E-state index contributed by atoms with van der Waals surface area (Å²) in [5, 5.41) is 6.00. The van der Waals surface area contributed by atoms with Crippen LogP contribution in [0, 0.1) is 17.8 Å². The van der Waals surface area contributed by atoms with Crippen LogP contribution in [0.25, 0.3) is 43.8 Å². The molecule has 0 spiro atoms. The molecule has 1 aliphatic rings. The van der Waals surface area contributed by atoms with Crippen LogP contribution in [0.5, 0.6) is 11.5 Å². The van der Waals surface area contributed by atoms with Crippen molar-refractivity contribution in [3.8, 4) is 22.8 Å². The summed E-state index contributed by atoms with van der Waals surface area (Å²) in [7, 11) is 2.14. The number of fused-ring (bicyclic) bond motifs is 5. The van der Waals surface area contributed by atoms with E-state index in [0.717, 1.165) is 46.1 Å². The summed E-state index contributed by atoms with van der Waals surface area (Å²) < 4.78 is 15.5. The monoisotopic (exact) mass is 478 g/mol. The Morgan fingerprint density at radius 3 is 2.22 bits per heavy atom. The summed E-state index contributed by atoms with van der Waals surface area (Å²) in [6.07, 6.45) is 6.00. The number of aromatic nitrogens is 1. The highest BCUT2D eigenvalue weighted by Gasteiger charge is 2.35. The van der Waals surface area contributed by atoms with Gasteiger partial charge in [0.25, 0.3) is 0 Å². The lowest BCUT2D eigenvalue weighted by Crippen LogP contribution is -2.32. The normalized spacial score (nSPS) is 13.4. The fourth-order valence-electron chi connectivity index (χ4n) is 6.01. The van der Waals surface area contributed by atoms with E-state index in [1.165, 1.54) is 38.7 Å². The second kappa shape index (κ2) is 7.59. The van der Waals surface area contributed by atoms with Crippen molar-refractivity contribution in [2.24, 2.45) is 17.9 Å². The Morgan fingerprint density at radius 2 is 1.53 bits per heavy atom. The smallest absolute Gasteiger partial charge is 0.228 e. The molecule has 0 bridgehead atoms. The average Bonchev–Trinajstić information content (AvgIpc) is 3.18. The molecule has 0 saturated heterocycles. The van der Waals surface area contributed by atoms with Gasteiger partial charge in [-0.1, -0.05) is 65.8 Å². The standard InChI is InChI=1S/C33H36NO2/c1-19-21-11-9-10-12-22(21)25(17-33(5,6)7)31-27(19)29-28-23(13-14-34(29)8)30-24(15-26(28)36-31)20(18-35-30)16-32(2,3)4/h9-15,18H,16-17H2,1-8H3/q+1. The van der Waals surface area contributed by atoms with Crippen LogP contribution >= 0.6 is 0 Å². The van der Waals surface area contributed by atoms with Crippen LogP contribution in [0.2, 0.25) is 0 Å². The van der Waals surface area contributed by atoms with Crippen molar-refractivity contribution in [1.82, 2.24) is 0 Å². The Hall–Kier alpha value is -3.33. The molecular weight excluding hydrogens is 442 g/mol. The van der Waals surface area contributed by atoms with E-state index in [2.05, 4.69) is 103 Å². The van der Waals surface area contributed by atoms with Crippen molar-refractivity contribution in [1.29, 1.82) is 0 Å². The number of aryl methyl sites for hydroxylation is 2. The molecule has 0 amide bonds. The van der Waals surface area contributed by atoms with E-state index in [1.54, 1.807) is 0 Å². The highest BCUT2D eigenvalue weighted by Crippen LogP contribution is 2.53. The van der Waals surface area contributed by atoms with E-state index >= 15 is 0 Å². The molecule has 2 aromatic heterocycles. The van der Waals surface area contributed by atoms with Gasteiger partial charge in [-0.15, -0.1) is 0 Å². The molecule has 36 heavy (non-hydrogen) atoms. The predicted molar refractivity (Wildman–Crippen MR) is 149 cm³/mol. The Kier molecular flexibility index (Phi) is 4.87. The van der Waals surface area contributed by atoms with Crippen molar-refractivity contribution in [3.63, 3.8) is 0 Å². The van der Waals surface area contributed by atoms with Gasteiger partial charge < -0.3 is 9.15 Å². The Bertz CT molecular complexity index is 1690. The van der Waals surface area contributed by atoms with E-state index in [1.807, 2.05) is 6.26 Å². The molecule has 3 heteroatoms. The summed E-state index contributed by atoms with van der Waals surface area (Å²) in [4.78, 5) is 0. The first-order chi connectivity index (χ1) is 16.9. The van der Waals surface area contributed by atoms with Crippen LogP contribution in [0.15, 0.2) is 53.3 Å². The van der Waals surface area contributed by atoms with Gasteiger partial charge in [0.05, 0.1) is 11.8 Å². The van der Waals surface area contributed by atoms with Crippen LogP contribution in [0.3, 0.4) is 0 Å². The molecular formula is C33H36NO2+. The van der Waals surface area contributed by atoms with E-state index in [0.29, 0.717) is 0 Å². The second-order valence-electron chi connectivity index (χ2n) is 13.0. The zero-order valence-corrected chi connectivity index (χ0v) is 22.8. The fourth-order valence-corrected chi connectivity index (χ4v) is 6.01. The molecule has 0 unspecified atom stereocenters. The second-order valence-corrected chi connectivity index (χ2v) is 13.0. The predicted octanol–water partition coefficient (Wildman–Crippen LogP) is 8.82. The van der Waals surface area contributed by atoms with Gasteiger partial charge in [-0.25, -0.2) is 4.57 Å². The van der Waals surface area contributed by atoms with Crippen molar-refractivity contribution in [3.05, 3.63) is 65.5 Å². The summed E-state index contributed by atoms with van der Waals surface area (Å²) in [6.45, 7) is 16.0. The summed E-state index contributed by atoms with van der Waals surface area (Å²) in [6, 6.07) is 13.2. The number of nitrogens with zero attached hydrogens (tertiary/aromatic N) is 1. The molecule has 6 rings (SSSR count). The number of furan rings is 1. The first-order valence-corrected chi connectivity index (χ1v) is 13.0. The number of benzene rings is 3. The molecule has 1 aliphatic heterocycles. The quantitative estimate of drug-likeness (QED) is 0.232. The summed E-state index contributed by atoms with van der Waals surface area (Å²) in [5.74, 6) is 1.94. The Morgan fingerprint density at radius 1 is 0.833 bits per heavy atom. The number of rotatable bonds is 2. The third-order valence-electron chi connectivity index (χ3n) is 7.41. The zero-order valence-electron chi connectivity index (χ0n) is 22.8. The topological polar surface area (TPSA) is 26.2 Å². The lowest BCUT2D eigenvalue weighted by molar-refractivity contribution is -0.659. The van der Waals surface area contributed by atoms with Gasteiger partial charge >= 0.3 is 0 Å². The molecule has 3 heterocycles. The number of pyridine rings is 1. The SMILES string of the molecule is Cc1c2c(c(CC(C)(C)C)c3ccccc13)Oc1cc3c(CC(C)(C)C)coc3c3cc[n+](C)c-2c13. The van der Waals surface area contributed by atoms with Gasteiger partial charge in [-0.2, -0.15) is 0 Å². The van der Waals surface area contributed by atoms with Crippen LogP contribution in [-0.4, -0.2) is 0 Å². The zero-order chi connectivity index (χ0) is 25.6. The molecule has 3 aromatic carbocycles. The minimum atomic E-state index is 0.123. The number of ether oxygens (including phenoxy) is 1. The highest BCUT2D eigenvalue weighted by molar-refractivity contribution is 6.15. The van der Waals surface area contributed by atoms with Gasteiger partial charge in [0.1, 0.15) is 29.5 Å². The average molecular weight is 479 g/mol. The van der Waals surface area contributed by atoms with Gasteiger partial charge in [-0.3, -0.25) is 0 Å². The van der Waals surface area contributed by atoms with Crippen molar-refractivity contribution < 1.29 is 13.7 Å². The molecule has 3 nitrogen and oxygen atoms in total. The van der Waals surface area contributed by atoms with Gasteiger partial charge in [-0.05, 0) is 58.6 Å². The Balaban J connectivity index is 1.74. The molecule has 0 aliphatic carbocycles. The highest BCUT2D eigenvalue weighted by atomic mass is 16.5. The van der Waals surface area contributed by atoms with Crippen molar-refractivity contribution in [2.45, 2.75) is 61.3 Å². The third kappa shape index (κ3) is 3.51. The molecule has 0 N–H and O–H groups in total. The molecule has 0 atom stereocenters. The molecule has 0 fully saturated rings.